The fourth-order valence-electron chi connectivity index (χ4n) is 1.16. The third kappa shape index (κ3) is 5.70. The highest BCUT2D eigenvalue weighted by atomic mass is 79.9. The summed E-state index contributed by atoms with van der Waals surface area (Å²) < 4.78 is 0. The van der Waals surface area contributed by atoms with Gasteiger partial charge in [0.05, 0.1) is 12.2 Å². The van der Waals surface area contributed by atoms with Gasteiger partial charge in [-0.25, -0.2) is 4.99 Å². The van der Waals surface area contributed by atoms with E-state index in [2.05, 4.69) is 20.6 Å². The first kappa shape index (κ1) is 14.9. The fourth-order valence-corrected chi connectivity index (χ4v) is 1.16. The van der Waals surface area contributed by atoms with Crippen LogP contribution in [-0.4, -0.2) is 24.0 Å². The van der Waals surface area contributed by atoms with Gasteiger partial charge >= 0.3 is 0 Å². The third-order valence-corrected chi connectivity index (χ3v) is 1.81. The molecule has 0 fully saturated rings. The summed E-state index contributed by atoms with van der Waals surface area (Å²) in [5.41, 5.74) is 0.978. The van der Waals surface area contributed by atoms with Gasteiger partial charge in [-0.05, 0) is 26.0 Å². The van der Waals surface area contributed by atoms with Crippen molar-refractivity contribution in [2.24, 2.45) is 4.99 Å². The van der Waals surface area contributed by atoms with Crippen LogP contribution in [0.1, 0.15) is 19.5 Å². The number of rotatable bonds is 4. The Morgan fingerprint density at radius 3 is 2.44 bits per heavy atom. The second kappa shape index (κ2) is 9.15. The molecular weight excluding hydrogens is 268 g/mol. The first-order chi connectivity index (χ1) is 7.36. The minimum atomic E-state index is 0. The average Bonchev–Trinajstić information content (AvgIpc) is 2.28. The van der Waals surface area contributed by atoms with Gasteiger partial charge in [-0.1, -0.05) is 6.07 Å². The topological polar surface area (TPSA) is 49.3 Å². The molecule has 4 nitrogen and oxygen atoms in total. The number of aromatic nitrogens is 1. The van der Waals surface area contributed by atoms with Gasteiger partial charge in [-0.15, -0.1) is 17.0 Å². The molecule has 90 valence electrons. The maximum Gasteiger partial charge on any atom is 0.191 e. The van der Waals surface area contributed by atoms with Crippen LogP contribution in [-0.2, 0) is 6.54 Å². The molecule has 1 aromatic heterocycles. The first-order valence-corrected chi connectivity index (χ1v) is 5.29. The summed E-state index contributed by atoms with van der Waals surface area (Å²) in [6.07, 6.45) is 1.78. The Morgan fingerprint density at radius 1 is 1.25 bits per heavy atom. The standard InChI is InChI=1S/C11H18N4.BrH/c1-3-12-11(13-4-2)15-9-10-7-5-6-8-14-10;/h5-8H,3-4,9H2,1-2H3,(H2,12,13,15);1H. The van der Waals surface area contributed by atoms with Gasteiger partial charge in [0.1, 0.15) is 0 Å². The van der Waals surface area contributed by atoms with E-state index in [1.807, 2.05) is 32.0 Å². The van der Waals surface area contributed by atoms with Crippen molar-refractivity contribution in [2.75, 3.05) is 13.1 Å². The van der Waals surface area contributed by atoms with E-state index < -0.39 is 0 Å². The highest BCUT2D eigenvalue weighted by molar-refractivity contribution is 8.93. The monoisotopic (exact) mass is 286 g/mol. The molecule has 0 spiro atoms. The summed E-state index contributed by atoms with van der Waals surface area (Å²) >= 11 is 0. The van der Waals surface area contributed by atoms with E-state index >= 15 is 0 Å². The third-order valence-electron chi connectivity index (χ3n) is 1.81. The highest BCUT2D eigenvalue weighted by Gasteiger charge is 1.95. The molecule has 0 unspecified atom stereocenters. The molecule has 1 aromatic rings. The van der Waals surface area contributed by atoms with Crippen molar-refractivity contribution in [2.45, 2.75) is 20.4 Å². The molecule has 16 heavy (non-hydrogen) atoms. The first-order valence-electron chi connectivity index (χ1n) is 5.29. The molecular formula is C11H19BrN4. The predicted octanol–water partition coefficient (Wildman–Crippen LogP) is 1.73. The summed E-state index contributed by atoms with van der Waals surface area (Å²) in [6.45, 7) is 6.44. The molecule has 0 radical (unpaired) electrons. The molecule has 0 aliphatic heterocycles. The van der Waals surface area contributed by atoms with Crippen LogP contribution in [0.3, 0.4) is 0 Å². The molecule has 1 rings (SSSR count). The van der Waals surface area contributed by atoms with E-state index in [0.717, 1.165) is 24.7 Å². The summed E-state index contributed by atoms with van der Waals surface area (Å²) in [5.74, 6) is 0.839. The van der Waals surface area contributed by atoms with Crippen molar-refractivity contribution in [3.8, 4) is 0 Å². The van der Waals surface area contributed by atoms with Crippen LogP contribution in [0.15, 0.2) is 29.4 Å². The van der Waals surface area contributed by atoms with Crippen molar-refractivity contribution in [1.82, 2.24) is 15.6 Å². The van der Waals surface area contributed by atoms with E-state index in [-0.39, 0.29) is 17.0 Å². The van der Waals surface area contributed by atoms with Crippen molar-refractivity contribution in [3.05, 3.63) is 30.1 Å². The Balaban J connectivity index is 0.00000225. The summed E-state index contributed by atoms with van der Waals surface area (Å²) in [7, 11) is 0. The van der Waals surface area contributed by atoms with Crippen LogP contribution >= 0.6 is 17.0 Å². The van der Waals surface area contributed by atoms with Crippen LogP contribution in [0.25, 0.3) is 0 Å². The Morgan fingerprint density at radius 2 is 1.94 bits per heavy atom. The van der Waals surface area contributed by atoms with Crippen molar-refractivity contribution < 1.29 is 0 Å². The Bertz CT molecular complexity index is 292. The van der Waals surface area contributed by atoms with Gasteiger partial charge in [0, 0.05) is 19.3 Å². The Labute approximate surface area is 107 Å². The van der Waals surface area contributed by atoms with Gasteiger partial charge in [-0.3, -0.25) is 4.98 Å². The minimum Gasteiger partial charge on any atom is -0.357 e. The van der Waals surface area contributed by atoms with Gasteiger partial charge in [0.2, 0.25) is 0 Å². The van der Waals surface area contributed by atoms with Crippen LogP contribution in [0.2, 0.25) is 0 Å². The van der Waals surface area contributed by atoms with Gasteiger partial charge in [0.15, 0.2) is 5.96 Å². The number of halogens is 1. The summed E-state index contributed by atoms with van der Waals surface area (Å²) in [4.78, 5) is 8.61. The Hall–Kier alpha value is -1.10. The van der Waals surface area contributed by atoms with Gasteiger partial charge in [-0.2, -0.15) is 0 Å². The lowest BCUT2D eigenvalue weighted by molar-refractivity contribution is 0.834. The Kier molecular flexibility index (Phi) is 8.52. The number of hydrogen-bond donors (Lipinski definition) is 2. The highest BCUT2D eigenvalue weighted by Crippen LogP contribution is 1.94. The van der Waals surface area contributed by atoms with E-state index in [1.165, 1.54) is 0 Å². The molecule has 0 saturated heterocycles. The largest absolute Gasteiger partial charge is 0.357 e. The maximum atomic E-state index is 4.41. The van der Waals surface area contributed by atoms with E-state index in [9.17, 15) is 0 Å². The van der Waals surface area contributed by atoms with Crippen molar-refractivity contribution in [1.29, 1.82) is 0 Å². The molecule has 0 aromatic carbocycles. The number of hydrogen-bond acceptors (Lipinski definition) is 2. The SMILES string of the molecule is Br.CCNC(=NCc1ccccn1)NCC. The summed E-state index contributed by atoms with van der Waals surface area (Å²) in [5, 5.41) is 6.33. The number of pyridine rings is 1. The zero-order valence-corrected chi connectivity index (χ0v) is 11.4. The zero-order valence-electron chi connectivity index (χ0n) is 9.73. The van der Waals surface area contributed by atoms with Gasteiger partial charge in [0.25, 0.3) is 0 Å². The molecule has 1 heterocycles. The number of guanidine groups is 1. The van der Waals surface area contributed by atoms with E-state index in [1.54, 1.807) is 6.20 Å². The lowest BCUT2D eigenvalue weighted by atomic mass is 10.3. The summed E-state index contributed by atoms with van der Waals surface area (Å²) in [6, 6.07) is 5.85. The smallest absolute Gasteiger partial charge is 0.191 e. The second-order valence-corrected chi connectivity index (χ2v) is 3.05. The van der Waals surface area contributed by atoms with Crippen LogP contribution < -0.4 is 10.6 Å². The fraction of sp³-hybridized carbons (Fsp3) is 0.455. The molecule has 0 aliphatic rings. The molecule has 0 aliphatic carbocycles. The predicted molar refractivity (Wildman–Crippen MR) is 73.1 cm³/mol. The van der Waals surface area contributed by atoms with Gasteiger partial charge < -0.3 is 10.6 Å². The zero-order chi connectivity index (χ0) is 10.9. The second-order valence-electron chi connectivity index (χ2n) is 3.05. The van der Waals surface area contributed by atoms with Crippen molar-refractivity contribution >= 4 is 22.9 Å². The molecule has 2 N–H and O–H groups in total. The molecule has 0 amide bonds. The molecule has 0 saturated carbocycles. The van der Waals surface area contributed by atoms with Crippen LogP contribution in [0.4, 0.5) is 0 Å². The van der Waals surface area contributed by atoms with E-state index in [4.69, 9.17) is 0 Å². The quantitative estimate of drug-likeness (QED) is 0.655. The molecule has 0 bridgehead atoms. The molecule has 0 atom stereocenters. The molecule has 5 heteroatoms. The minimum absolute atomic E-state index is 0. The lowest BCUT2D eigenvalue weighted by Gasteiger charge is -2.08. The lowest BCUT2D eigenvalue weighted by Crippen LogP contribution is -2.37. The van der Waals surface area contributed by atoms with Crippen LogP contribution in [0.5, 0.6) is 0 Å². The average molecular weight is 287 g/mol. The number of nitrogens with zero attached hydrogens (tertiary/aromatic N) is 2. The van der Waals surface area contributed by atoms with Crippen molar-refractivity contribution in [3.63, 3.8) is 0 Å². The normalized spacial score (nSPS) is 8.88. The number of nitrogens with one attached hydrogen (secondary N) is 2. The van der Waals surface area contributed by atoms with E-state index in [0.29, 0.717) is 6.54 Å². The van der Waals surface area contributed by atoms with Crippen LogP contribution in [0, 0.1) is 0 Å². The maximum absolute atomic E-state index is 4.41. The number of aliphatic imine (C=N–C) groups is 1.